The highest BCUT2D eigenvalue weighted by Crippen LogP contribution is 2.17. The van der Waals surface area contributed by atoms with Crippen molar-refractivity contribution < 1.29 is 23.1 Å². The maximum absolute atomic E-state index is 12.9. The summed E-state index contributed by atoms with van der Waals surface area (Å²) in [5.41, 5.74) is 6.22. The van der Waals surface area contributed by atoms with Crippen molar-refractivity contribution >= 4 is 22.1 Å². The van der Waals surface area contributed by atoms with Crippen LogP contribution in [0.5, 0.6) is 0 Å². The van der Waals surface area contributed by atoms with Gasteiger partial charge >= 0.3 is 5.97 Å². The monoisotopic (exact) mass is 454 g/mol. The van der Waals surface area contributed by atoms with Gasteiger partial charge < -0.3 is 16.2 Å². The molecule has 0 heterocycles. The minimum absolute atomic E-state index is 0.0278. The van der Waals surface area contributed by atoms with Gasteiger partial charge in [0.2, 0.25) is 5.91 Å². The molecule has 6 N–H and O–H groups in total. The second kappa shape index (κ2) is 12.7. The topological polar surface area (TPSA) is 151 Å². The van der Waals surface area contributed by atoms with Crippen LogP contribution < -0.4 is 20.5 Å². The molecule has 1 fully saturated rings. The number of hydrogen-bond acceptors (Lipinski definition) is 5. The van der Waals surface area contributed by atoms with E-state index >= 15 is 0 Å². The predicted octanol–water partition coefficient (Wildman–Crippen LogP) is 1.05. The van der Waals surface area contributed by atoms with Gasteiger partial charge in [-0.05, 0) is 44.2 Å². The van der Waals surface area contributed by atoms with Crippen LogP contribution in [0.15, 0.2) is 30.3 Å². The Morgan fingerprint density at radius 1 is 1.03 bits per heavy atom. The molecule has 0 bridgehead atoms. The Balaban J connectivity index is 2.09. The van der Waals surface area contributed by atoms with Gasteiger partial charge in [-0.2, -0.15) is 17.9 Å². The highest BCUT2D eigenvalue weighted by molar-refractivity contribution is 7.87. The number of benzene rings is 1. The number of hydrogen-bond donors (Lipinski definition) is 5. The fourth-order valence-corrected chi connectivity index (χ4v) is 4.95. The zero-order valence-electron chi connectivity index (χ0n) is 17.8. The summed E-state index contributed by atoms with van der Waals surface area (Å²) in [6, 6.07) is 6.78. The molecule has 1 amide bonds. The second-order valence-corrected chi connectivity index (χ2v) is 9.48. The summed E-state index contributed by atoms with van der Waals surface area (Å²) in [5, 5.41) is 12.3. The molecule has 9 nitrogen and oxygen atoms in total. The van der Waals surface area contributed by atoms with E-state index in [-0.39, 0.29) is 18.9 Å². The third-order valence-electron chi connectivity index (χ3n) is 5.39. The molecule has 0 spiro atoms. The summed E-state index contributed by atoms with van der Waals surface area (Å²) in [6.07, 6.45) is 6.29. The quantitative estimate of drug-likeness (QED) is 0.281. The number of aliphatic carboxylic acids is 1. The van der Waals surface area contributed by atoms with Crippen LogP contribution in [0.25, 0.3) is 0 Å². The maximum Gasteiger partial charge on any atom is 0.321 e. The first-order chi connectivity index (χ1) is 14.8. The standard InChI is InChI=1S/C21H34N4O5S/c22-14-8-7-13-18(21(27)28)24-31(29,30)25-19(15-16-9-3-1-4-10-16)20(26)23-17-11-5-2-6-12-17/h1,3-4,9-10,17-19,24-25H,2,5-8,11-15,22H2,(H,23,26)(H,27,28)/t18-,19-/m0/s1. The number of unbranched alkanes of at least 4 members (excludes halogenated alkanes) is 1. The van der Waals surface area contributed by atoms with Gasteiger partial charge in [0.15, 0.2) is 0 Å². The van der Waals surface area contributed by atoms with Crippen LogP contribution in [0, 0.1) is 0 Å². The number of amides is 1. The van der Waals surface area contributed by atoms with E-state index in [1.165, 1.54) is 0 Å². The first kappa shape index (κ1) is 25.3. The van der Waals surface area contributed by atoms with Crippen LogP contribution >= 0.6 is 0 Å². The number of carbonyl (C=O) groups is 2. The molecule has 174 valence electrons. The molecule has 0 saturated heterocycles. The van der Waals surface area contributed by atoms with Crippen molar-refractivity contribution in [1.29, 1.82) is 0 Å². The number of nitrogens with one attached hydrogen (secondary N) is 3. The van der Waals surface area contributed by atoms with Gasteiger partial charge in [0.05, 0.1) is 0 Å². The van der Waals surface area contributed by atoms with Crippen molar-refractivity contribution in [1.82, 2.24) is 14.8 Å². The van der Waals surface area contributed by atoms with Crippen molar-refractivity contribution in [2.24, 2.45) is 5.73 Å². The average molecular weight is 455 g/mol. The third kappa shape index (κ3) is 9.34. The lowest BCUT2D eigenvalue weighted by Crippen LogP contribution is -2.55. The Hall–Kier alpha value is -2.01. The normalized spacial score (nSPS) is 17.1. The SMILES string of the molecule is NCCCC[C@H](NS(=O)(=O)N[C@@H](Cc1ccccc1)C(=O)NC1CCCCC1)C(=O)O. The molecule has 2 atom stereocenters. The maximum atomic E-state index is 12.9. The lowest BCUT2D eigenvalue weighted by molar-refractivity contribution is -0.139. The van der Waals surface area contributed by atoms with E-state index in [4.69, 9.17) is 5.73 Å². The molecule has 31 heavy (non-hydrogen) atoms. The van der Waals surface area contributed by atoms with Crippen molar-refractivity contribution in [2.75, 3.05) is 6.54 Å². The Bertz CT molecular complexity index is 797. The Morgan fingerprint density at radius 2 is 1.68 bits per heavy atom. The van der Waals surface area contributed by atoms with Gasteiger partial charge in [0.25, 0.3) is 10.2 Å². The molecule has 1 aliphatic carbocycles. The summed E-state index contributed by atoms with van der Waals surface area (Å²) >= 11 is 0. The molecule has 10 heteroatoms. The lowest BCUT2D eigenvalue weighted by atomic mass is 9.95. The third-order valence-corrected chi connectivity index (χ3v) is 6.58. The lowest BCUT2D eigenvalue weighted by Gasteiger charge is -2.26. The van der Waals surface area contributed by atoms with Crippen molar-refractivity contribution in [2.45, 2.75) is 75.9 Å². The van der Waals surface area contributed by atoms with Gasteiger partial charge in [0.1, 0.15) is 12.1 Å². The van der Waals surface area contributed by atoms with Crippen LogP contribution in [0.2, 0.25) is 0 Å². The second-order valence-electron chi connectivity index (χ2n) is 8.00. The Kier molecular flexibility index (Phi) is 10.4. The number of carboxylic acids is 1. The van der Waals surface area contributed by atoms with E-state index in [0.29, 0.717) is 19.4 Å². The van der Waals surface area contributed by atoms with Crippen molar-refractivity contribution in [3.8, 4) is 0 Å². The van der Waals surface area contributed by atoms with Gasteiger partial charge in [-0.25, -0.2) is 0 Å². The number of carboxylic acid groups (broad SMARTS) is 1. The van der Waals surface area contributed by atoms with Gasteiger partial charge in [-0.15, -0.1) is 0 Å². The van der Waals surface area contributed by atoms with Crippen LogP contribution in [0.1, 0.15) is 56.9 Å². The number of carbonyl (C=O) groups excluding carboxylic acids is 1. The Labute approximate surface area is 184 Å². The van der Waals surface area contributed by atoms with E-state index < -0.39 is 34.2 Å². The van der Waals surface area contributed by atoms with Crippen molar-refractivity contribution in [3.05, 3.63) is 35.9 Å². The molecule has 0 aromatic heterocycles. The first-order valence-electron chi connectivity index (χ1n) is 10.9. The molecule has 1 aromatic carbocycles. The smallest absolute Gasteiger partial charge is 0.321 e. The molecule has 1 aromatic rings. The fraction of sp³-hybridized carbons (Fsp3) is 0.619. The Morgan fingerprint density at radius 3 is 2.29 bits per heavy atom. The highest BCUT2D eigenvalue weighted by atomic mass is 32.2. The molecular formula is C21H34N4O5S. The molecule has 0 aliphatic heterocycles. The molecule has 2 rings (SSSR count). The molecule has 0 radical (unpaired) electrons. The van der Waals surface area contributed by atoms with E-state index in [0.717, 1.165) is 37.7 Å². The summed E-state index contributed by atoms with van der Waals surface area (Å²) in [4.78, 5) is 24.4. The number of nitrogens with two attached hydrogens (primary N) is 1. The van der Waals surface area contributed by atoms with Gasteiger partial charge in [0, 0.05) is 6.04 Å². The van der Waals surface area contributed by atoms with E-state index in [1.54, 1.807) is 0 Å². The minimum atomic E-state index is -4.24. The summed E-state index contributed by atoms with van der Waals surface area (Å²) in [5.74, 6) is -1.68. The molecule has 1 aliphatic rings. The molecule has 1 saturated carbocycles. The van der Waals surface area contributed by atoms with Crippen LogP contribution in [-0.2, 0) is 26.2 Å². The minimum Gasteiger partial charge on any atom is -0.480 e. The highest BCUT2D eigenvalue weighted by Gasteiger charge is 2.30. The number of rotatable bonds is 13. The molecular weight excluding hydrogens is 420 g/mol. The van der Waals surface area contributed by atoms with Gasteiger partial charge in [-0.1, -0.05) is 56.0 Å². The molecule has 0 unspecified atom stereocenters. The van der Waals surface area contributed by atoms with Gasteiger partial charge in [-0.3, -0.25) is 9.59 Å². The summed E-state index contributed by atoms with van der Waals surface area (Å²) < 4.78 is 29.9. The van der Waals surface area contributed by atoms with Crippen LogP contribution in [0.3, 0.4) is 0 Å². The summed E-state index contributed by atoms with van der Waals surface area (Å²) in [7, 11) is -4.24. The fourth-order valence-electron chi connectivity index (χ4n) is 3.72. The average Bonchev–Trinajstić information content (AvgIpc) is 2.74. The van der Waals surface area contributed by atoms with Crippen LogP contribution in [0.4, 0.5) is 0 Å². The van der Waals surface area contributed by atoms with E-state index in [1.807, 2.05) is 30.3 Å². The van der Waals surface area contributed by atoms with Crippen LogP contribution in [-0.4, -0.2) is 50.1 Å². The summed E-state index contributed by atoms with van der Waals surface area (Å²) in [6.45, 7) is 0.401. The first-order valence-corrected chi connectivity index (χ1v) is 12.4. The zero-order chi connectivity index (χ0) is 22.7. The van der Waals surface area contributed by atoms with E-state index in [9.17, 15) is 23.1 Å². The zero-order valence-corrected chi connectivity index (χ0v) is 18.6. The predicted molar refractivity (Wildman–Crippen MR) is 118 cm³/mol. The van der Waals surface area contributed by atoms with E-state index in [2.05, 4.69) is 14.8 Å². The van der Waals surface area contributed by atoms with Crippen molar-refractivity contribution in [3.63, 3.8) is 0 Å². The largest absolute Gasteiger partial charge is 0.480 e.